The standard InChI is InChI=1S/C29H42N3/c1-6-23(7-2)15-18-28(16-11-9-12-17-28)20-25-30-21-24-29(8-3)22(4)27(29,5)31-19-13-10-14-26(31)32(24)25/h10,13-14,19,21,23H,4,6-9,11-12,15-18,20H2,1-3,5H3/q+1. The van der Waals surface area contributed by atoms with Crippen LogP contribution in [0.4, 0.5) is 0 Å². The SMILES string of the molecule is C=C1C2(CC)c3cnc(CC4(CCC(CC)CC)CCCCC4)n3-c3cccc[n+]3C12C. The van der Waals surface area contributed by atoms with Gasteiger partial charge in [0.25, 0.3) is 5.82 Å². The zero-order chi connectivity index (χ0) is 22.6. The van der Waals surface area contributed by atoms with Gasteiger partial charge in [-0.2, -0.15) is 4.57 Å². The molecule has 3 heteroatoms. The number of hydrogen-bond acceptors (Lipinski definition) is 1. The Hall–Kier alpha value is -1.90. The topological polar surface area (TPSA) is 21.7 Å². The van der Waals surface area contributed by atoms with E-state index in [-0.39, 0.29) is 11.0 Å². The van der Waals surface area contributed by atoms with Crippen molar-refractivity contribution in [3.8, 4) is 5.82 Å². The average molecular weight is 433 g/mol. The van der Waals surface area contributed by atoms with Gasteiger partial charge < -0.3 is 0 Å². The number of hydrogen-bond donors (Lipinski definition) is 0. The van der Waals surface area contributed by atoms with Crippen LogP contribution in [0.3, 0.4) is 0 Å². The molecule has 2 aromatic heterocycles. The summed E-state index contributed by atoms with van der Waals surface area (Å²) in [6, 6.07) is 6.62. The molecule has 0 spiro atoms. The Labute approximate surface area is 195 Å². The van der Waals surface area contributed by atoms with Crippen molar-refractivity contribution >= 4 is 0 Å². The highest BCUT2D eigenvalue weighted by molar-refractivity contribution is 5.58. The maximum Gasteiger partial charge on any atom is 0.288 e. The van der Waals surface area contributed by atoms with Gasteiger partial charge in [0.1, 0.15) is 16.6 Å². The predicted molar refractivity (Wildman–Crippen MR) is 131 cm³/mol. The van der Waals surface area contributed by atoms with E-state index in [4.69, 9.17) is 4.98 Å². The van der Waals surface area contributed by atoms with Gasteiger partial charge in [0.05, 0.1) is 12.4 Å². The Morgan fingerprint density at radius 1 is 1.12 bits per heavy atom. The number of pyridine rings is 1. The van der Waals surface area contributed by atoms with Gasteiger partial charge in [-0.25, -0.2) is 9.55 Å². The van der Waals surface area contributed by atoms with Crippen LogP contribution < -0.4 is 4.57 Å². The number of rotatable bonds is 8. The minimum absolute atomic E-state index is 0.0204. The Morgan fingerprint density at radius 2 is 1.88 bits per heavy atom. The number of fused-ring (bicyclic) bond motifs is 6. The molecule has 2 aliphatic carbocycles. The second-order valence-corrected chi connectivity index (χ2v) is 11.1. The van der Waals surface area contributed by atoms with Gasteiger partial charge >= 0.3 is 0 Å². The normalized spacial score (nSPS) is 27.7. The predicted octanol–water partition coefficient (Wildman–Crippen LogP) is 6.82. The summed E-state index contributed by atoms with van der Waals surface area (Å²) in [5, 5.41) is 0. The van der Waals surface area contributed by atoms with Gasteiger partial charge in [0.2, 0.25) is 5.82 Å². The lowest BCUT2D eigenvalue weighted by molar-refractivity contribution is -0.733. The molecular weight excluding hydrogens is 390 g/mol. The third kappa shape index (κ3) is 2.85. The van der Waals surface area contributed by atoms with E-state index in [1.54, 1.807) is 0 Å². The lowest BCUT2D eigenvalue weighted by Crippen LogP contribution is -2.55. The second-order valence-electron chi connectivity index (χ2n) is 11.1. The Kier molecular flexibility index (Phi) is 5.38. The fraction of sp³-hybridized carbons (Fsp3) is 0.655. The largest absolute Gasteiger partial charge is 0.288 e. The van der Waals surface area contributed by atoms with Crippen LogP contribution in [0.15, 0.2) is 42.7 Å². The summed E-state index contributed by atoms with van der Waals surface area (Å²) in [5.41, 5.74) is 3.13. The molecule has 3 nitrogen and oxygen atoms in total. The van der Waals surface area contributed by atoms with Crippen LogP contribution in [0, 0.1) is 11.3 Å². The fourth-order valence-corrected chi connectivity index (χ4v) is 7.58. The van der Waals surface area contributed by atoms with Gasteiger partial charge in [-0.05, 0) is 62.0 Å². The third-order valence-corrected chi connectivity index (χ3v) is 9.91. The van der Waals surface area contributed by atoms with Gasteiger partial charge in [0, 0.05) is 12.5 Å². The third-order valence-electron chi connectivity index (χ3n) is 9.91. The van der Waals surface area contributed by atoms with E-state index >= 15 is 0 Å². The Bertz CT molecular complexity index is 1010. The molecule has 172 valence electrons. The molecule has 2 atom stereocenters. The van der Waals surface area contributed by atoms with E-state index in [1.807, 2.05) is 0 Å². The highest BCUT2D eigenvalue weighted by atomic mass is 15.3. The maximum absolute atomic E-state index is 5.15. The van der Waals surface area contributed by atoms with Crippen LogP contribution in [-0.4, -0.2) is 9.55 Å². The molecule has 5 rings (SSSR count). The van der Waals surface area contributed by atoms with Crippen LogP contribution in [0.1, 0.15) is 103 Å². The lowest BCUT2D eigenvalue weighted by atomic mass is 9.67. The van der Waals surface area contributed by atoms with Crippen LogP contribution >= 0.6 is 0 Å². The molecule has 0 bridgehead atoms. The minimum atomic E-state index is -0.0242. The first-order valence-corrected chi connectivity index (χ1v) is 13.3. The van der Waals surface area contributed by atoms with Crippen molar-refractivity contribution in [1.82, 2.24) is 9.55 Å². The molecule has 2 saturated carbocycles. The molecule has 32 heavy (non-hydrogen) atoms. The molecule has 1 aliphatic heterocycles. The second kappa shape index (κ2) is 7.85. The first-order valence-electron chi connectivity index (χ1n) is 13.3. The molecule has 0 saturated heterocycles. The maximum atomic E-state index is 5.15. The average Bonchev–Trinajstić information content (AvgIpc) is 3.09. The number of aromatic nitrogens is 3. The molecule has 2 aromatic rings. The first-order chi connectivity index (χ1) is 15.5. The number of imidazole rings is 1. The van der Waals surface area contributed by atoms with Crippen LogP contribution in [0.25, 0.3) is 5.82 Å². The number of nitrogens with zero attached hydrogens (tertiary/aromatic N) is 3. The van der Waals surface area contributed by atoms with Gasteiger partial charge in [-0.15, -0.1) is 0 Å². The molecule has 0 radical (unpaired) electrons. The quantitative estimate of drug-likeness (QED) is 0.331. The van der Waals surface area contributed by atoms with Crippen molar-refractivity contribution in [3.05, 3.63) is 54.3 Å². The Balaban J connectivity index is 1.55. The zero-order valence-corrected chi connectivity index (χ0v) is 20.8. The van der Waals surface area contributed by atoms with Gasteiger partial charge in [-0.3, -0.25) is 0 Å². The smallest absolute Gasteiger partial charge is 0.223 e. The van der Waals surface area contributed by atoms with Crippen molar-refractivity contribution in [2.75, 3.05) is 0 Å². The van der Waals surface area contributed by atoms with Crippen LogP contribution in [-0.2, 0) is 17.4 Å². The Morgan fingerprint density at radius 3 is 2.56 bits per heavy atom. The molecule has 0 aromatic carbocycles. The summed E-state index contributed by atoms with van der Waals surface area (Å²) in [6.07, 6.45) is 18.9. The molecular formula is C29H42N3+. The highest BCUT2D eigenvalue weighted by Crippen LogP contribution is 2.67. The van der Waals surface area contributed by atoms with E-state index in [0.29, 0.717) is 5.41 Å². The first kappa shape index (κ1) is 21.9. The van der Waals surface area contributed by atoms with Gasteiger partial charge in [-0.1, -0.05) is 65.5 Å². The minimum Gasteiger partial charge on any atom is -0.223 e. The molecule has 2 fully saturated rings. The number of allylic oxidation sites excluding steroid dienone is 1. The van der Waals surface area contributed by atoms with Crippen molar-refractivity contribution in [3.63, 3.8) is 0 Å². The molecule has 0 N–H and O–H groups in total. The summed E-state index contributed by atoms with van der Waals surface area (Å²) in [4.78, 5) is 5.15. The van der Waals surface area contributed by atoms with E-state index < -0.39 is 0 Å². The van der Waals surface area contributed by atoms with Crippen molar-refractivity contribution in [2.24, 2.45) is 11.3 Å². The van der Waals surface area contributed by atoms with Crippen LogP contribution in [0.5, 0.6) is 0 Å². The molecule has 3 aliphatic rings. The monoisotopic (exact) mass is 432 g/mol. The summed E-state index contributed by atoms with van der Waals surface area (Å²) < 4.78 is 5.01. The van der Waals surface area contributed by atoms with Crippen LogP contribution in [0.2, 0.25) is 0 Å². The molecule has 3 heterocycles. The van der Waals surface area contributed by atoms with Gasteiger partial charge in [0.15, 0.2) is 0 Å². The lowest BCUT2D eigenvalue weighted by Gasteiger charge is -2.38. The fourth-order valence-electron chi connectivity index (χ4n) is 7.58. The summed E-state index contributed by atoms with van der Waals surface area (Å²) in [5.74, 6) is 3.42. The summed E-state index contributed by atoms with van der Waals surface area (Å²) in [6.45, 7) is 14.0. The van der Waals surface area contributed by atoms with E-state index in [9.17, 15) is 0 Å². The van der Waals surface area contributed by atoms with Crippen molar-refractivity contribution < 1.29 is 4.57 Å². The van der Waals surface area contributed by atoms with E-state index in [2.05, 4.69) is 74.0 Å². The highest BCUT2D eigenvalue weighted by Gasteiger charge is 2.78. The zero-order valence-electron chi connectivity index (χ0n) is 20.8. The summed E-state index contributed by atoms with van der Waals surface area (Å²) >= 11 is 0. The van der Waals surface area contributed by atoms with E-state index in [0.717, 1.165) is 18.8 Å². The molecule has 2 unspecified atom stereocenters. The van der Waals surface area contributed by atoms with Crippen molar-refractivity contribution in [2.45, 2.75) is 109 Å². The molecule has 0 amide bonds. The van der Waals surface area contributed by atoms with E-state index in [1.165, 1.54) is 80.7 Å². The summed E-state index contributed by atoms with van der Waals surface area (Å²) in [7, 11) is 0. The van der Waals surface area contributed by atoms with Crippen molar-refractivity contribution in [1.29, 1.82) is 0 Å².